The first kappa shape index (κ1) is 17.8. The van der Waals surface area contributed by atoms with Crippen molar-refractivity contribution in [2.75, 3.05) is 11.9 Å². The summed E-state index contributed by atoms with van der Waals surface area (Å²) in [6.45, 7) is 3.20. The molecule has 8 heteroatoms. The van der Waals surface area contributed by atoms with Gasteiger partial charge in [-0.25, -0.2) is 18.6 Å². The van der Waals surface area contributed by atoms with Gasteiger partial charge in [-0.2, -0.15) is 0 Å². The van der Waals surface area contributed by atoms with Crippen molar-refractivity contribution in [1.82, 2.24) is 4.98 Å². The molecule has 126 valence electrons. The second-order valence-corrected chi connectivity index (χ2v) is 5.15. The number of benzene rings is 1. The minimum Gasteiger partial charge on any atom is -0.462 e. The van der Waals surface area contributed by atoms with E-state index in [2.05, 4.69) is 10.3 Å². The van der Waals surface area contributed by atoms with E-state index in [1.54, 1.807) is 6.92 Å². The highest BCUT2D eigenvalue weighted by molar-refractivity contribution is 6.37. The number of nitrogens with one attached hydrogen (secondary N) is 2. The van der Waals surface area contributed by atoms with E-state index in [0.29, 0.717) is 0 Å². The third-order valence-corrected chi connectivity index (χ3v) is 3.48. The predicted octanol–water partition coefficient (Wildman–Crippen LogP) is 4.32. The minimum absolute atomic E-state index is 0.0281. The Hall–Kier alpha value is -2.54. The van der Waals surface area contributed by atoms with Crippen molar-refractivity contribution < 1.29 is 18.3 Å². The number of esters is 1. The van der Waals surface area contributed by atoms with E-state index in [-0.39, 0.29) is 34.3 Å². The Morgan fingerprint density at radius 3 is 2.54 bits per heavy atom. The van der Waals surface area contributed by atoms with Crippen LogP contribution in [-0.2, 0) is 4.74 Å². The van der Waals surface area contributed by atoms with Crippen molar-refractivity contribution in [2.24, 2.45) is 0 Å². The average molecular weight is 354 g/mol. The second-order valence-electron chi connectivity index (χ2n) is 4.78. The highest BCUT2D eigenvalue weighted by Crippen LogP contribution is 2.31. The van der Waals surface area contributed by atoms with Crippen molar-refractivity contribution >= 4 is 34.8 Å². The fourth-order valence-electron chi connectivity index (χ4n) is 2.01. The maximum Gasteiger partial charge on any atom is 0.341 e. The molecule has 0 aliphatic rings. The topological polar surface area (TPSA) is 75.1 Å². The lowest BCUT2D eigenvalue weighted by molar-refractivity contribution is 0.0526. The summed E-state index contributed by atoms with van der Waals surface area (Å²) in [7, 11) is 0. The first-order valence-corrected chi connectivity index (χ1v) is 7.36. The molecule has 1 aromatic heterocycles. The van der Waals surface area contributed by atoms with E-state index in [1.807, 2.05) is 0 Å². The summed E-state index contributed by atoms with van der Waals surface area (Å²) in [5.74, 6) is -2.38. The summed E-state index contributed by atoms with van der Waals surface area (Å²) in [6, 6.07) is 3.39. The van der Waals surface area contributed by atoms with E-state index in [4.69, 9.17) is 21.7 Å². The predicted molar refractivity (Wildman–Crippen MR) is 87.3 cm³/mol. The maximum absolute atomic E-state index is 13.8. The van der Waals surface area contributed by atoms with Crippen LogP contribution in [0.2, 0.25) is 5.02 Å². The van der Waals surface area contributed by atoms with Crippen LogP contribution in [0, 0.1) is 17.0 Å². The molecule has 2 rings (SSSR count). The molecule has 0 aliphatic heterocycles. The first-order chi connectivity index (χ1) is 11.4. The summed E-state index contributed by atoms with van der Waals surface area (Å²) < 4.78 is 32.4. The third kappa shape index (κ3) is 3.51. The van der Waals surface area contributed by atoms with Gasteiger partial charge in [0.2, 0.25) is 0 Å². The number of aromatic nitrogens is 1. The van der Waals surface area contributed by atoms with Gasteiger partial charge in [0.25, 0.3) is 0 Å². The molecule has 5 nitrogen and oxygen atoms in total. The van der Waals surface area contributed by atoms with Crippen LogP contribution >= 0.6 is 11.6 Å². The van der Waals surface area contributed by atoms with Gasteiger partial charge in [-0.05, 0) is 26.0 Å². The zero-order valence-electron chi connectivity index (χ0n) is 12.9. The molecule has 0 atom stereocenters. The van der Waals surface area contributed by atoms with Gasteiger partial charge in [0.1, 0.15) is 23.1 Å². The van der Waals surface area contributed by atoms with E-state index in [0.717, 1.165) is 18.3 Å². The number of carbonyl (C=O) groups is 1. The quantitative estimate of drug-likeness (QED) is 0.620. The van der Waals surface area contributed by atoms with Crippen molar-refractivity contribution in [2.45, 2.75) is 13.8 Å². The van der Waals surface area contributed by atoms with Crippen LogP contribution in [-0.4, -0.2) is 23.3 Å². The third-order valence-electron chi connectivity index (χ3n) is 3.09. The van der Waals surface area contributed by atoms with Gasteiger partial charge in [0.15, 0.2) is 0 Å². The number of anilines is 2. The van der Waals surface area contributed by atoms with Gasteiger partial charge < -0.3 is 15.5 Å². The summed E-state index contributed by atoms with van der Waals surface area (Å²) in [5, 5.41) is 10.2. The number of nitrogens with zero attached hydrogens (tertiary/aromatic N) is 1. The number of carbonyl (C=O) groups excluding carboxylic acids is 1. The monoisotopic (exact) mass is 353 g/mol. The lowest BCUT2D eigenvalue weighted by Gasteiger charge is -2.15. The Morgan fingerprint density at radius 1 is 1.38 bits per heavy atom. The molecule has 0 saturated heterocycles. The largest absolute Gasteiger partial charge is 0.462 e. The van der Waals surface area contributed by atoms with E-state index in [9.17, 15) is 13.6 Å². The molecule has 0 spiro atoms. The molecular formula is C16H14ClF2N3O2. The molecule has 0 amide bonds. The summed E-state index contributed by atoms with van der Waals surface area (Å²) in [6.07, 6.45) is 1.13. The normalized spacial score (nSPS) is 10.4. The van der Waals surface area contributed by atoms with Crippen LogP contribution in [0.1, 0.15) is 29.8 Å². The number of hydrogen-bond acceptors (Lipinski definition) is 5. The number of ether oxygens (including phenoxy) is 1. The molecule has 0 fully saturated rings. The van der Waals surface area contributed by atoms with Crippen molar-refractivity contribution in [3.63, 3.8) is 0 Å². The van der Waals surface area contributed by atoms with Crippen LogP contribution in [0.15, 0.2) is 24.4 Å². The number of halogens is 3. The minimum atomic E-state index is -0.823. The Morgan fingerprint density at radius 2 is 2.00 bits per heavy atom. The SMILES string of the molecule is CCOC(=O)c1cnc(Nc2c(F)cccc2F)c(C(C)=N)c1Cl. The fraction of sp³-hybridized carbons (Fsp3) is 0.188. The van der Waals surface area contributed by atoms with Crippen molar-refractivity contribution in [3.05, 3.63) is 52.2 Å². The lowest BCUT2D eigenvalue weighted by Crippen LogP contribution is -2.12. The van der Waals surface area contributed by atoms with E-state index < -0.39 is 23.3 Å². The highest BCUT2D eigenvalue weighted by atomic mass is 35.5. The molecule has 0 radical (unpaired) electrons. The molecule has 0 aliphatic carbocycles. The zero-order valence-corrected chi connectivity index (χ0v) is 13.7. The summed E-state index contributed by atoms with van der Waals surface area (Å²) >= 11 is 6.18. The molecule has 1 heterocycles. The zero-order chi connectivity index (χ0) is 17.9. The van der Waals surface area contributed by atoms with Gasteiger partial charge in [0, 0.05) is 11.9 Å². The van der Waals surface area contributed by atoms with Crippen LogP contribution < -0.4 is 5.32 Å². The summed E-state index contributed by atoms with van der Waals surface area (Å²) in [4.78, 5) is 15.8. The molecule has 0 bridgehead atoms. The van der Waals surface area contributed by atoms with Crippen LogP contribution in [0.3, 0.4) is 0 Å². The number of hydrogen-bond donors (Lipinski definition) is 2. The first-order valence-electron chi connectivity index (χ1n) is 6.99. The molecule has 0 unspecified atom stereocenters. The molecule has 2 aromatic rings. The molecule has 1 aromatic carbocycles. The smallest absolute Gasteiger partial charge is 0.341 e. The van der Waals surface area contributed by atoms with Gasteiger partial charge in [-0.3, -0.25) is 0 Å². The Balaban J connectivity index is 2.53. The van der Waals surface area contributed by atoms with E-state index >= 15 is 0 Å². The lowest BCUT2D eigenvalue weighted by atomic mass is 10.1. The molecule has 0 saturated carbocycles. The van der Waals surface area contributed by atoms with Crippen LogP contribution in [0.25, 0.3) is 0 Å². The molecule has 24 heavy (non-hydrogen) atoms. The Bertz CT molecular complexity index is 792. The highest BCUT2D eigenvalue weighted by Gasteiger charge is 2.21. The standard InChI is InChI=1S/C16H14ClF2N3O2/c1-3-24-16(23)9-7-21-15(12(8(2)20)13(9)17)22-14-10(18)5-4-6-11(14)19/h4-7,20H,3H2,1-2H3,(H,21,22). The maximum atomic E-state index is 13.8. The van der Waals surface area contributed by atoms with Gasteiger partial charge in [-0.15, -0.1) is 0 Å². The average Bonchev–Trinajstić information content (AvgIpc) is 2.51. The van der Waals surface area contributed by atoms with Gasteiger partial charge >= 0.3 is 5.97 Å². The molecular weight excluding hydrogens is 340 g/mol. The van der Waals surface area contributed by atoms with Crippen LogP contribution in [0.5, 0.6) is 0 Å². The second kappa shape index (κ2) is 7.35. The van der Waals surface area contributed by atoms with Crippen LogP contribution in [0.4, 0.5) is 20.3 Å². The van der Waals surface area contributed by atoms with Crippen molar-refractivity contribution in [3.8, 4) is 0 Å². The number of para-hydroxylation sites is 1. The Labute approximate surface area is 142 Å². The number of rotatable bonds is 5. The summed E-state index contributed by atoms with van der Waals surface area (Å²) in [5.41, 5.74) is -0.421. The number of pyridine rings is 1. The van der Waals surface area contributed by atoms with E-state index in [1.165, 1.54) is 13.0 Å². The molecule has 2 N–H and O–H groups in total. The van der Waals surface area contributed by atoms with Crippen molar-refractivity contribution in [1.29, 1.82) is 5.41 Å². The van der Waals surface area contributed by atoms with Gasteiger partial charge in [0.05, 0.1) is 22.8 Å². The Kier molecular flexibility index (Phi) is 5.46. The fourth-order valence-corrected chi connectivity index (χ4v) is 2.37. The van der Waals surface area contributed by atoms with Gasteiger partial charge in [-0.1, -0.05) is 17.7 Å².